The van der Waals surface area contributed by atoms with Gasteiger partial charge in [0.2, 0.25) is 0 Å². The number of pyridine rings is 1. The smallest absolute Gasteiger partial charge is 0.0780 e. The fourth-order valence-electron chi connectivity index (χ4n) is 4.40. The van der Waals surface area contributed by atoms with Crippen molar-refractivity contribution in [2.24, 2.45) is 0 Å². The lowest BCUT2D eigenvalue weighted by Gasteiger charge is -2.10. The monoisotopic (exact) mass is 317 g/mol. The Bertz CT molecular complexity index is 1310. The zero-order chi connectivity index (χ0) is 16.4. The van der Waals surface area contributed by atoms with Crippen molar-refractivity contribution in [2.75, 3.05) is 0 Å². The average Bonchev–Trinajstić information content (AvgIpc) is 3.06. The maximum atomic E-state index is 4.62. The molecular weight excluding hydrogens is 302 g/mol. The quantitative estimate of drug-likeness (QED) is 0.308. The van der Waals surface area contributed by atoms with Crippen LogP contribution < -0.4 is 0 Å². The lowest BCUT2D eigenvalue weighted by atomic mass is 9.94. The molecule has 1 nitrogen and oxygen atoms in total. The summed E-state index contributed by atoms with van der Waals surface area (Å²) in [5.41, 5.74) is 6.76. The Kier molecular flexibility index (Phi) is 2.46. The molecule has 0 bridgehead atoms. The van der Waals surface area contributed by atoms with Gasteiger partial charge in [-0.05, 0) is 50.9 Å². The molecule has 0 spiro atoms. The van der Waals surface area contributed by atoms with Crippen LogP contribution in [0.4, 0.5) is 0 Å². The number of hydrogen-bond acceptors (Lipinski definition) is 1. The summed E-state index contributed by atoms with van der Waals surface area (Å²) in [6.45, 7) is 0. The van der Waals surface area contributed by atoms with Crippen LogP contribution in [0.25, 0.3) is 43.6 Å². The van der Waals surface area contributed by atoms with Crippen LogP contribution in [0.15, 0.2) is 79.0 Å². The molecular formula is C24H15N. The second-order valence-electron chi connectivity index (χ2n) is 6.82. The zero-order valence-electron chi connectivity index (χ0n) is 13.7. The molecule has 0 N–H and O–H groups in total. The van der Waals surface area contributed by atoms with Gasteiger partial charge < -0.3 is 0 Å². The molecule has 0 unspecified atom stereocenters. The third-order valence-electron chi connectivity index (χ3n) is 5.55. The van der Waals surface area contributed by atoms with Crippen LogP contribution in [0, 0.1) is 0 Å². The third-order valence-corrected chi connectivity index (χ3v) is 5.55. The number of aromatic nitrogens is 1. The standard InChI is InChI=1S/C24H15N/c1-2-6-17-16(4-1)14-23-18(17)9-10-19-20-8-7-15-5-3-13-25-24(15)22(20)12-11-21(19)23/h1-13H,14H2. The molecule has 116 valence electrons. The Morgan fingerprint density at radius 2 is 1.40 bits per heavy atom. The lowest BCUT2D eigenvalue weighted by molar-refractivity contribution is 1.28. The second kappa shape index (κ2) is 4.67. The van der Waals surface area contributed by atoms with Crippen molar-refractivity contribution in [3.8, 4) is 11.1 Å². The molecule has 0 atom stereocenters. The van der Waals surface area contributed by atoms with Gasteiger partial charge in [-0.1, -0.05) is 66.7 Å². The summed E-state index contributed by atoms with van der Waals surface area (Å²) < 4.78 is 0. The van der Waals surface area contributed by atoms with E-state index in [0.717, 1.165) is 11.9 Å². The Balaban J connectivity index is 1.73. The van der Waals surface area contributed by atoms with Gasteiger partial charge in [-0.3, -0.25) is 4.98 Å². The molecule has 6 rings (SSSR count). The summed E-state index contributed by atoms with van der Waals surface area (Å²) in [4.78, 5) is 4.62. The maximum Gasteiger partial charge on any atom is 0.0780 e. The first-order valence-corrected chi connectivity index (χ1v) is 8.70. The Labute approximate surface area is 145 Å². The number of fused-ring (bicyclic) bond motifs is 9. The molecule has 0 aliphatic heterocycles. The van der Waals surface area contributed by atoms with E-state index in [0.29, 0.717) is 0 Å². The number of hydrogen-bond donors (Lipinski definition) is 0. The third kappa shape index (κ3) is 1.70. The maximum absolute atomic E-state index is 4.62. The number of benzene rings is 4. The largest absolute Gasteiger partial charge is 0.256 e. The van der Waals surface area contributed by atoms with Crippen molar-refractivity contribution in [1.82, 2.24) is 4.98 Å². The van der Waals surface area contributed by atoms with Crippen LogP contribution in [-0.2, 0) is 6.42 Å². The summed E-state index contributed by atoms with van der Waals surface area (Å²) in [7, 11) is 0. The summed E-state index contributed by atoms with van der Waals surface area (Å²) in [5.74, 6) is 0. The highest BCUT2D eigenvalue weighted by Gasteiger charge is 2.20. The second-order valence-corrected chi connectivity index (χ2v) is 6.82. The van der Waals surface area contributed by atoms with Crippen molar-refractivity contribution in [3.63, 3.8) is 0 Å². The van der Waals surface area contributed by atoms with Crippen molar-refractivity contribution < 1.29 is 0 Å². The van der Waals surface area contributed by atoms with Gasteiger partial charge >= 0.3 is 0 Å². The van der Waals surface area contributed by atoms with Crippen LogP contribution in [0.2, 0.25) is 0 Å². The van der Waals surface area contributed by atoms with Crippen LogP contribution in [0.5, 0.6) is 0 Å². The Hall–Kier alpha value is -3.19. The summed E-state index contributed by atoms with van der Waals surface area (Å²) >= 11 is 0. The minimum absolute atomic E-state index is 1.03. The van der Waals surface area contributed by atoms with E-state index >= 15 is 0 Å². The van der Waals surface area contributed by atoms with E-state index in [1.165, 1.54) is 49.2 Å². The van der Waals surface area contributed by atoms with E-state index in [2.05, 4.69) is 71.7 Å². The Morgan fingerprint density at radius 3 is 2.40 bits per heavy atom. The SMILES string of the molecule is c1ccc2c(c1)Cc1c-2ccc2c1ccc1c2ccc2cccnc21. The van der Waals surface area contributed by atoms with Gasteiger partial charge in [-0.15, -0.1) is 0 Å². The molecule has 25 heavy (non-hydrogen) atoms. The number of nitrogens with zero attached hydrogens (tertiary/aromatic N) is 1. The topological polar surface area (TPSA) is 12.9 Å². The first-order chi connectivity index (χ1) is 12.4. The normalized spacial score (nSPS) is 12.6. The van der Waals surface area contributed by atoms with Gasteiger partial charge in [0, 0.05) is 17.0 Å². The Morgan fingerprint density at radius 1 is 0.600 bits per heavy atom. The van der Waals surface area contributed by atoms with Crippen molar-refractivity contribution in [3.05, 3.63) is 90.1 Å². The highest BCUT2D eigenvalue weighted by molar-refractivity contribution is 6.17. The molecule has 0 radical (unpaired) electrons. The molecule has 1 heteroatoms. The molecule has 0 saturated carbocycles. The van der Waals surface area contributed by atoms with Crippen molar-refractivity contribution >= 4 is 32.4 Å². The van der Waals surface area contributed by atoms with Gasteiger partial charge in [0.1, 0.15) is 0 Å². The highest BCUT2D eigenvalue weighted by atomic mass is 14.6. The minimum atomic E-state index is 1.03. The molecule has 0 saturated heterocycles. The molecule has 1 heterocycles. The van der Waals surface area contributed by atoms with E-state index < -0.39 is 0 Å². The summed E-state index contributed by atoms with van der Waals surface area (Å²) in [5, 5.41) is 6.43. The summed E-state index contributed by atoms with van der Waals surface area (Å²) in [6, 6.07) is 26.4. The first kappa shape index (κ1) is 13.1. The van der Waals surface area contributed by atoms with Crippen LogP contribution in [-0.4, -0.2) is 4.98 Å². The van der Waals surface area contributed by atoms with Gasteiger partial charge in [0.25, 0.3) is 0 Å². The highest BCUT2D eigenvalue weighted by Crippen LogP contribution is 2.42. The van der Waals surface area contributed by atoms with Crippen molar-refractivity contribution in [1.29, 1.82) is 0 Å². The molecule has 1 aliphatic rings. The average molecular weight is 317 g/mol. The van der Waals surface area contributed by atoms with E-state index in [1.54, 1.807) is 0 Å². The fourth-order valence-corrected chi connectivity index (χ4v) is 4.40. The van der Waals surface area contributed by atoms with Gasteiger partial charge in [-0.25, -0.2) is 0 Å². The fraction of sp³-hybridized carbons (Fsp3) is 0.0417. The van der Waals surface area contributed by atoms with Crippen molar-refractivity contribution in [2.45, 2.75) is 6.42 Å². The predicted molar refractivity (Wildman–Crippen MR) is 105 cm³/mol. The van der Waals surface area contributed by atoms with Gasteiger partial charge in [-0.2, -0.15) is 0 Å². The molecule has 1 aliphatic carbocycles. The van der Waals surface area contributed by atoms with Crippen LogP contribution in [0.3, 0.4) is 0 Å². The molecule has 1 aromatic heterocycles. The molecule has 0 amide bonds. The lowest BCUT2D eigenvalue weighted by Crippen LogP contribution is -1.87. The molecule has 4 aromatic carbocycles. The minimum Gasteiger partial charge on any atom is -0.256 e. The van der Waals surface area contributed by atoms with Crippen LogP contribution in [0.1, 0.15) is 11.1 Å². The molecule has 5 aromatic rings. The predicted octanol–water partition coefficient (Wildman–Crippen LogP) is 6.11. The van der Waals surface area contributed by atoms with E-state index in [9.17, 15) is 0 Å². The number of rotatable bonds is 0. The zero-order valence-corrected chi connectivity index (χ0v) is 13.7. The van der Waals surface area contributed by atoms with E-state index in [1.807, 2.05) is 12.3 Å². The summed E-state index contributed by atoms with van der Waals surface area (Å²) in [6.07, 6.45) is 2.91. The first-order valence-electron chi connectivity index (χ1n) is 8.70. The van der Waals surface area contributed by atoms with Crippen LogP contribution >= 0.6 is 0 Å². The van der Waals surface area contributed by atoms with E-state index in [4.69, 9.17) is 0 Å². The van der Waals surface area contributed by atoms with Gasteiger partial charge in [0.15, 0.2) is 0 Å². The molecule has 0 fully saturated rings. The van der Waals surface area contributed by atoms with Gasteiger partial charge in [0.05, 0.1) is 5.52 Å². The van der Waals surface area contributed by atoms with E-state index in [-0.39, 0.29) is 0 Å².